The predicted molar refractivity (Wildman–Crippen MR) is 88.6 cm³/mol. The summed E-state index contributed by atoms with van der Waals surface area (Å²) in [5.74, 6) is 0. The second-order valence-corrected chi connectivity index (χ2v) is 6.12. The van der Waals surface area contributed by atoms with Crippen LogP contribution in [0.15, 0.2) is 42.5 Å². The van der Waals surface area contributed by atoms with E-state index in [0.29, 0.717) is 5.41 Å². The topological polar surface area (TPSA) is 26.0 Å². The lowest BCUT2D eigenvalue weighted by Crippen LogP contribution is -2.30. The molecule has 0 atom stereocenters. The highest BCUT2D eigenvalue weighted by Gasteiger charge is 2.32. The third-order valence-electron chi connectivity index (χ3n) is 4.64. The number of hydrogen-bond donors (Lipinski definition) is 1. The van der Waals surface area contributed by atoms with Gasteiger partial charge in [-0.05, 0) is 61.8 Å². The van der Waals surface area contributed by atoms with E-state index < -0.39 is 0 Å². The molecule has 20 heavy (non-hydrogen) atoms. The van der Waals surface area contributed by atoms with E-state index in [9.17, 15) is 0 Å². The van der Waals surface area contributed by atoms with Crippen molar-refractivity contribution in [2.45, 2.75) is 46.0 Å². The second-order valence-electron chi connectivity index (χ2n) is 6.12. The van der Waals surface area contributed by atoms with Crippen molar-refractivity contribution in [2.24, 2.45) is 11.1 Å². The summed E-state index contributed by atoms with van der Waals surface area (Å²) in [5.41, 5.74) is 10.6. The zero-order valence-electron chi connectivity index (χ0n) is 12.9. The zero-order valence-corrected chi connectivity index (χ0v) is 12.9. The van der Waals surface area contributed by atoms with Crippen molar-refractivity contribution in [3.8, 4) is 0 Å². The van der Waals surface area contributed by atoms with Gasteiger partial charge in [-0.15, -0.1) is 0 Å². The minimum Gasteiger partial charge on any atom is -0.330 e. The van der Waals surface area contributed by atoms with Crippen LogP contribution in [0.2, 0.25) is 0 Å². The maximum absolute atomic E-state index is 6.10. The molecule has 1 aliphatic rings. The van der Waals surface area contributed by atoms with Crippen molar-refractivity contribution < 1.29 is 0 Å². The van der Waals surface area contributed by atoms with Crippen LogP contribution in [0.5, 0.6) is 0 Å². The van der Waals surface area contributed by atoms with Gasteiger partial charge < -0.3 is 5.73 Å². The molecule has 1 aromatic carbocycles. The van der Waals surface area contributed by atoms with Gasteiger partial charge in [0.15, 0.2) is 0 Å². The van der Waals surface area contributed by atoms with E-state index in [1.54, 1.807) is 0 Å². The Hall–Kier alpha value is -1.34. The molecule has 0 radical (unpaired) electrons. The highest BCUT2D eigenvalue weighted by atomic mass is 14.6. The Morgan fingerprint density at radius 1 is 1.25 bits per heavy atom. The number of allylic oxidation sites excluding steroid dienone is 4. The van der Waals surface area contributed by atoms with Crippen LogP contribution in [0.25, 0.3) is 5.57 Å². The van der Waals surface area contributed by atoms with E-state index in [2.05, 4.69) is 56.3 Å². The lowest BCUT2D eigenvalue weighted by atomic mass is 9.78. The third kappa shape index (κ3) is 3.40. The maximum Gasteiger partial charge on any atom is -0.00173 e. The molecule has 108 valence electrons. The largest absolute Gasteiger partial charge is 0.330 e. The van der Waals surface area contributed by atoms with Crippen LogP contribution in [0.1, 0.15) is 50.7 Å². The van der Waals surface area contributed by atoms with Gasteiger partial charge >= 0.3 is 0 Å². The first-order chi connectivity index (χ1) is 9.71. The van der Waals surface area contributed by atoms with Gasteiger partial charge in [0, 0.05) is 0 Å². The molecule has 1 nitrogen and oxygen atoms in total. The number of hydrogen-bond acceptors (Lipinski definition) is 1. The van der Waals surface area contributed by atoms with Crippen LogP contribution < -0.4 is 5.73 Å². The number of rotatable bonds is 5. The van der Waals surface area contributed by atoms with Gasteiger partial charge in [0.1, 0.15) is 0 Å². The van der Waals surface area contributed by atoms with Gasteiger partial charge in [-0.1, -0.05) is 55.3 Å². The van der Waals surface area contributed by atoms with Gasteiger partial charge in [-0.2, -0.15) is 0 Å². The van der Waals surface area contributed by atoms with E-state index in [-0.39, 0.29) is 0 Å². The van der Waals surface area contributed by atoms with Gasteiger partial charge in [0.05, 0.1) is 0 Å². The van der Waals surface area contributed by atoms with E-state index >= 15 is 0 Å². The zero-order chi connectivity index (χ0) is 14.4. The minimum absolute atomic E-state index is 0.344. The Morgan fingerprint density at radius 3 is 2.60 bits per heavy atom. The molecule has 0 bridgehead atoms. The molecular formula is C19H27N. The lowest BCUT2D eigenvalue weighted by molar-refractivity contribution is 0.306. The summed E-state index contributed by atoms with van der Waals surface area (Å²) >= 11 is 0. The molecule has 1 saturated carbocycles. The van der Waals surface area contributed by atoms with Crippen molar-refractivity contribution in [1.82, 2.24) is 0 Å². The summed E-state index contributed by atoms with van der Waals surface area (Å²) in [5, 5.41) is 0. The fraction of sp³-hybridized carbons (Fsp3) is 0.474. The Bertz CT molecular complexity index is 490. The second kappa shape index (κ2) is 6.90. The first kappa shape index (κ1) is 15.1. The summed E-state index contributed by atoms with van der Waals surface area (Å²) in [6, 6.07) is 8.80. The summed E-state index contributed by atoms with van der Waals surface area (Å²) < 4.78 is 0. The van der Waals surface area contributed by atoms with Crippen LogP contribution in [0, 0.1) is 5.41 Å². The SMILES string of the molecule is C/C=C\C=C(/C)c1ccccc1CC1(CN)CCCC1. The highest BCUT2D eigenvalue weighted by Crippen LogP contribution is 2.41. The molecule has 1 aliphatic carbocycles. The standard InChI is InChI=1S/C19H27N/c1-3-4-9-16(2)18-11-6-5-10-17(18)14-19(15-20)12-7-8-13-19/h3-6,9-11H,7-8,12-15,20H2,1-2H3/b4-3-,16-9+. The molecule has 0 spiro atoms. The smallest absolute Gasteiger partial charge is 0.00173 e. The number of benzene rings is 1. The lowest BCUT2D eigenvalue weighted by Gasteiger charge is -2.28. The van der Waals surface area contributed by atoms with Gasteiger partial charge in [0.2, 0.25) is 0 Å². The Labute approximate surface area is 123 Å². The number of nitrogens with two attached hydrogens (primary N) is 1. The van der Waals surface area contributed by atoms with E-state index in [1.807, 2.05) is 0 Å². The minimum atomic E-state index is 0.344. The molecule has 2 N–H and O–H groups in total. The third-order valence-corrected chi connectivity index (χ3v) is 4.64. The normalized spacial score (nSPS) is 18.9. The summed E-state index contributed by atoms with van der Waals surface area (Å²) in [6.07, 6.45) is 12.8. The first-order valence-corrected chi connectivity index (χ1v) is 7.79. The monoisotopic (exact) mass is 269 g/mol. The van der Waals surface area contributed by atoms with E-state index in [1.165, 1.54) is 42.4 Å². The molecule has 0 aliphatic heterocycles. The molecule has 1 fully saturated rings. The molecule has 0 aromatic heterocycles. The van der Waals surface area contributed by atoms with Crippen molar-refractivity contribution in [3.05, 3.63) is 53.6 Å². The summed E-state index contributed by atoms with van der Waals surface area (Å²) in [7, 11) is 0. The average molecular weight is 269 g/mol. The van der Waals surface area contributed by atoms with Crippen LogP contribution in [0.3, 0.4) is 0 Å². The quantitative estimate of drug-likeness (QED) is 0.768. The van der Waals surface area contributed by atoms with Crippen molar-refractivity contribution in [2.75, 3.05) is 6.54 Å². The van der Waals surface area contributed by atoms with Crippen molar-refractivity contribution >= 4 is 5.57 Å². The van der Waals surface area contributed by atoms with E-state index in [4.69, 9.17) is 5.73 Å². The van der Waals surface area contributed by atoms with Gasteiger partial charge in [0.25, 0.3) is 0 Å². The maximum atomic E-state index is 6.10. The first-order valence-electron chi connectivity index (χ1n) is 7.79. The molecule has 1 heteroatoms. The van der Waals surface area contributed by atoms with E-state index in [0.717, 1.165) is 13.0 Å². The van der Waals surface area contributed by atoms with Gasteiger partial charge in [-0.3, -0.25) is 0 Å². The fourth-order valence-electron chi connectivity index (χ4n) is 3.37. The molecule has 0 heterocycles. The molecule has 2 rings (SSSR count). The molecule has 1 aromatic rings. The Kier molecular flexibility index (Phi) is 5.19. The van der Waals surface area contributed by atoms with Crippen molar-refractivity contribution in [3.63, 3.8) is 0 Å². The van der Waals surface area contributed by atoms with Crippen LogP contribution in [0.4, 0.5) is 0 Å². The van der Waals surface area contributed by atoms with Crippen LogP contribution in [-0.4, -0.2) is 6.54 Å². The molecular weight excluding hydrogens is 242 g/mol. The molecule has 0 saturated heterocycles. The Morgan fingerprint density at radius 2 is 1.95 bits per heavy atom. The van der Waals surface area contributed by atoms with Crippen LogP contribution >= 0.6 is 0 Å². The highest BCUT2D eigenvalue weighted by molar-refractivity contribution is 5.68. The summed E-state index contributed by atoms with van der Waals surface area (Å²) in [4.78, 5) is 0. The predicted octanol–water partition coefficient (Wildman–Crippen LogP) is 4.73. The van der Waals surface area contributed by atoms with Gasteiger partial charge in [-0.25, -0.2) is 0 Å². The average Bonchev–Trinajstić information content (AvgIpc) is 2.94. The summed E-state index contributed by atoms with van der Waals surface area (Å²) in [6.45, 7) is 5.07. The molecule has 0 amide bonds. The fourth-order valence-corrected chi connectivity index (χ4v) is 3.37. The van der Waals surface area contributed by atoms with Crippen LogP contribution in [-0.2, 0) is 6.42 Å². The molecule has 0 unspecified atom stereocenters. The Balaban J connectivity index is 2.28. The van der Waals surface area contributed by atoms with Crippen molar-refractivity contribution in [1.29, 1.82) is 0 Å².